The second-order valence-corrected chi connectivity index (χ2v) is 12.9. The Balaban J connectivity index is 1.74. The summed E-state index contributed by atoms with van der Waals surface area (Å²) in [4.78, 5) is 38.2. The van der Waals surface area contributed by atoms with Gasteiger partial charge in [0, 0.05) is 6.42 Å². The standard InChI is InChI=1S/C34H34Cl3NO10/c1-21(39)13-18-27(40)46-28-26(20-43-25-16-14-24(42-2)15-17-25)45-32(48-33(38)34(35,36)37)30(47-31(41)23-11-7-4-8-12-23)29(28)44-19-22-9-5-3-6-10-22/h3-12,14-17,26,28-30,32,38H,13,18-20H2,1-2H3/t26-,28+,29-,30+,32+/m0/s1. The molecular formula is C34H34Cl3NO10. The molecule has 1 N–H and O–H groups in total. The van der Waals surface area contributed by atoms with E-state index < -0.39 is 52.3 Å². The van der Waals surface area contributed by atoms with E-state index in [9.17, 15) is 14.4 Å². The third-order valence-corrected chi connectivity index (χ3v) is 7.56. The van der Waals surface area contributed by atoms with E-state index in [0.29, 0.717) is 11.5 Å². The van der Waals surface area contributed by atoms with Crippen molar-refractivity contribution in [1.82, 2.24) is 0 Å². The Morgan fingerprint density at radius 3 is 2.02 bits per heavy atom. The number of alkyl halides is 3. The van der Waals surface area contributed by atoms with Gasteiger partial charge in [-0.3, -0.25) is 10.2 Å². The number of ketones is 1. The number of nitrogens with one attached hydrogen (secondary N) is 1. The van der Waals surface area contributed by atoms with Crippen LogP contribution in [0.1, 0.15) is 35.7 Å². The fourth-order valence-electron chi connectivity index (χ4n) is 4.62. The van der Waals surface area contributed by atoms with Crippen molar-refractivity contribution in [3.05, 3.63) is 96.1 Å². The lowest BCUT2D eigenvalue weighted by atomic mass is 9.97. The molecule has 1 fully saturated rings. The van der Waals surface area contributed by atoms with E-state index in [2.05, 4.69) is 0 Å². The molecule has 1 heterocycles. The van der Waals surface area contributed by atoms with Crippen molar-refractivity contribution in [2.75, 3.05) is 13.7 Å². The van der Waals surface area contributed by atoms with Gasteiger partial charge >= 0.3 is 11.9 Å². The summed E-state index contributed by atoms with van der Waals surface area (Å²) in [5, 5.41) is 8.27. The quantitative estimate of drug-likeness (QED) is 0.0879. The molecule has 14 heteroatoms. The molecule has 48 heavy (non-hydrogen) atoms. The van der Waals surface area contributed by atoms with Crippen LogP contribution in [0.15, 0.2) is 84.9 Å². The molecule has 0 aromatic heterocycles. The first-order valence-electron chi connectivity index (χ1n) is 14.8. The van der Waals surface area contributed by atoms with Gasteiger partial charge in [0.25, 0.3) is 3.79 Å². The van der Waals surface area contributed by atoms with E-state index in [1.54, 1.807) is 42.5 Å². The fourth-order valence-corrected chi connectivity index (χ4v) is 4.75. The van der Waals surface area contributed by atoms with Crippen LogP contribution in [0.25, 0.3) is 0 Å². The third-order valence-electron chi connectivity index (χ3n) is 7.04. The number of hydrogen-bond acceptors (Lipinski definition) is 11. The van der Waals surface area contributed by atoms with Crippen LogP contribution in [-0.2, 0) is 39.9 Å². The first kappa shape index (κ1) is 37.0. The molecule has 5 atom stereocenters. The number of halogens is 3. The second kappa shape index (κ2) is 17.5. The zero-order valence-corrected chi connectivity index (χ0v) is 28.3. The third kappa shape index (κ3) is 10.8. The number of rotatable bonds is 14. The minimum absolute atomic E-state index is 0.0208. The lowest BCUT2D eigenvalue weighted by molar-refractivity contribution is -0.292. The van der Waals surface area contributed by atoms with Gasteiger partial charge in [-0.15, -0.1) is 0 Å². The minimum atomic E-state index is -2.30. The minimum Gasteiger partial charge on any atom is -0.497 e. The van der Waals surface area contributed by atoms with Gasteiger partial charge in [0.1, 0.15) is 36.1 Å². The fraction of sp³-hybridized carbons (Fsp3) is 0.353. The topological polar surface area (TPSA) is 140 Å². The van der Waals surface area contributed by atoms with E-state index in [1.165, 1.54) is 26.2 Å². The van der Waals surface area contributed by atoms with Gasteiger partial charge in [-0.1, -0.05) is 83.3 Å². The molecule has 0 radical (unpaired) electrons. The Bertz CT molecular complexity index is 1520. The highest BCUT2D eigenvalue weighted by molar-refractivity contribution is 6.76. The molecule has 256 valence electrons. The van der Waals surface area contributed by atoms with Crippen LogP contribution in [0.2, 0.25) is 0 Å². The molecule has 0 saturated carbocycles. The largest absolute Gasteiger partial charge is 0.497 e. The Hall–Kier alpha value is -3.87. The summed E-state index contributed by atoms with van der Waals surface area (Å²) in [6.45, 7) is 1.10. The molecule has 0 amide bonds. The van der Waals surface area contributed by atoms with Gasteiger partial charge in [0.2, 0.25) is 12.2 Å². The first-order chi connectivity index (χ1) is 22.9. The number of esters is 2. The van der Waals surface area contributed by atoms with E-state index in [0.717, 1.165) is 5.56 Å². The number of methoxy groups -OCH3 is 1. The smallest absolute Gasteiger partial charge is 0.338 e. The van der Waals surface area contributed by atoms with Gasteiger partial charge in [0.05, 0.1) is 25.7 Å². The number of Topliss-reactive ketones (excluding diaryl/α,β-unsaturated/α-hetero) is 1. The molecule has 3 aromatic carbocycles. The Morgan fingerprint density at radius 1 is 0.792 bits per heavy atom. The lowest BCUT2D eigenvalue weighted by Gasteiger charge is -2.45. The maximum Gasteiger partial charge on any atom is 0.338 e. The molecular weight excluding hydrogens is 689 g/mol. The summed E-state index contributed by atoms with van der Waals surface area (Å²) < 4.78 is 38.9. The van der Waals surface area contributed by atoms with Crippen molar-refractivity contribution < 1.29 is 47.5 Å². The lowest BCUT2D eigenvalue weighted by Crippen LogP contribution is -2.63. The second-order valence-electron chi connectivity index (χ2n) is 10.6. The molecule has 11 nitrogen and oxygen atoms in total. The zero-order valence-electron chi connectivity index (χ0n) is 26.0. The molecule has 0 aliphatic carbocycles. The molecule has 3 aromatic rings. The molecule has 0 bridgehead atoms. The highest BCUT2D eigenvalue weighted by atomic mass is 35.6. The maximum atomic E-state index is 13.4. The van der Waals surface area contributed by atoms with E-state index in [-0.39, 0.29) is 37.4 Å². The summed E-state index contributed by atoms with van der Waals surface area (Å²) in [6, 6.07) is 23.9. The van der Waals surface area contributed by atoms with Crippen LogP contribution in [0.4, 0.5) is 0 Å². The van der Waals surface area contributed by atoms with E-state index >= 15 is 0 Å². The van der Waals surface area contributed by atoms with Crippen LogP contribution in [0.5, 0.6) is 11.5 Å². The van der Waals surface area contributed by atoms with Crippen molar-refractivity contribution in [1.29, 1.82) is 5.41 Å². The van der Waals surface area contributed by atoms with Gasteiger partial charge in [-0.05, 0) is 48.9 Å². The van der Waals surface area contributed by atoms with Crippen LogP contribution in [0, 0.1) is 5.41 Å². The molecule has 1 saturated heterocycles. The number of ether oxygens (including phenoxy) is 7. The van der Waals surface area contributed by atoms with Crippen molar-refractivity contribution in [2.45, 2.75) is 60.9 Å². The van der Waals surface area contributed by atoms with Crippen molar-refractivity contribution in [3.8, 4) is 11.5 Å². The van der Waals surface area contributed by atoms with E-state index in [4.69, 9.17) is 73.4 Å². The molecule has 0 spiro atoms. The van der Waals surface area contributed by atoms with Gasteiger partial charge in [0.15, 0.2) is 12.2 Å². The van der Waals surface area contributed by atoms with Crippen molar-refractivity contribution in [3.63, 3.8) is 0 Å². The maximum absolute atomic E-state index is 13.4. The first-order valence-corrected chi connectivity index (χ1v) is 15.9. The van der Waals surface area contributed by atoms with Gasteiger partial charge in [-0.2, -0.15) is 0 Å². The highest BCUT2D eigenvalue weighted by Gasteiger charge is 2.53. The highest BCUT2D eigenvalue weighted by Crippen LogP contribution is 2.35. The molecule has 4 rings (SSSR count). The summed E-state index contributed by atoms with van der Waals surface area (Å²) in [5.41, 5.74) is 0.936. The average Bonchev–Trinajstić information content (AvgIpc) is 3.08. The Morgan fingerprint density at radius 2 is 1.42 bits per heavy atom. The summed E-state index contributed by atoms with van der Waals surface area (Å²) in [7, 11) is 1.53. The van der Waals surface area contributed by atoms with E-state index in [1.807, 2.05) is 30.3 Å². The number of hydrogen-bond donors (Lipinski definition) is 1. The summed E-state index contributed by atoms with van der Waals surface area (Å²) in [5.74, 6) is -1.54. The number of benzene rings is 3. The van der Waals surface area contributed by atoms with Crippen LogP contribution < -0.4 is 9.47 Å². The predicted molar refractivity (Wildman–Crippen MR) is 177 cm³/mol. The van der Waals surface area contributed by atoms with Crippen LogP contribution >= 0.6 is 34.8 Å². The van der Waals surface area contributed by atoms with Gasteiger partial charge in [-0.25, -0.2) is 4.79 Å². The SMILES string of the molecule is COc1ccc(OC[C@@H]2O[C@H](OC(=N)C(Cl)(Cl)Cl)[C@H](OC(=O)c3ccccc3)[C@@H](OCc3ccccc3)[C@@H]2OC(=O)CCC(C)=O)cc1. The average molecular weight is 723 g/mol. The summed E-state index contributed by atoms with van der Waals surface area (Å²) in [6.07, 6.45) is -7.06. The summed E-state index contributed by atoms with van der Waals surface area (Å²) >= 11 is 17.8. The molecule has 1 aliphatic heterocycles. The monoisotopic (exact) mass is 721 g/mol. The van der Waals surface area contributed by atoms with Crippen LogP contribution in [-0.4, -0.2) is 71.8 Å². The van der Waals surface area contributed by atoms with Crippen molar-refractivity contribution >= 4 is 58.4 Å². The van der Waals surface area contributed by atoms with Crippen LogP contribution in [0.3, 0.4) is 0 Å². The Kier molecular flexibility index (Phi) is 13.5. The van der Waals surface area contributed by atoms with Gasteiger partial charge < -0.3 is 38.0 Å². The normalized spacial score (nSPS) is 20.6. The Labute approximate surface area is 292 Å². The van der Waals surface area contributed by atoms with Crippen molar-refractivity contribution in [2.24, 2.45) is 0 Å². The zero-order chi connectivity index (χ0) is 34.7. The number of carbonyl (C=O) groups is 3. The molecule has 1 aliphatic rings. The number of carbonyl (C=O) groups excluding carboxylic acids is 3. The predicted octanol–water partition coefficient (Wildman–Crippen LogP) is 6.25. The molecule has 0 unspecified atom stereocenters.